The predicted octanol–water partition coefficient (Wildman–Crippen LogP) is 5.67. The second-order valence-electron chi connectivity index (χ2n) is 9.16. The van der Waals surface area contributed by atoms with Gasteiger partial charge >= 0.3 is 0 Å². The number of ether oxygens (including phenoxy) is 1. The molecule has 182 valence electrons. The van der Waals surface area contributed by atoms with E-state index in [1.54, 1.807) is 24.3 Å². The first-order valence-electron chi connectivity index (χ1n) is 12.2. The minimum atomic E-state index is -0.286. The number of nitrogens with one attached hydrogen (secondary N) is 2. The maximum Gasteiger partial charge on any atom is 0.259 e. The van der Waals surface area contributed by atoms with Gasteiger partial charge < -0.3 is 20.3 Å². The molecule has 0 aliphatic carbocycles. The molecular formula is C29H33N3O3. The van der Waals surface area contributed by atoms with E-state index in [2.05, 4.69) is 22.5 Å². The summed E-state index contributed by atoms with van der Waals surface area (Å²) in [6.45, 7) is 6.05. The number of rotatable bonds is 7. The van der Waals surface area contributed by atoms with Gasteiger partial charge in [0, 0.05) is 24.5 Å². The van der Waals surface area contributed by atoms with E-state index in [4.69, 9.17) is 4.74 Å². The number of hydrogen-bond acceptors (Lipinski definition) is 4. The maximum absolute atomic E-state index is 13.5. The molecule has 3 aromatic rings. The van der Waals surface area contributed by atoms with Gasteiger partial charge in [0.15, 0.2) is 0 Å². The van der Waals surface area contributed by atoms with Crippen molar-refractivity contribution in [2.45, 2.75) is 32.7 Å². The van der Waals surface area contributed by atoms with E-state index in [-0.39, 0.29) is 17.9 Å². The fraction of sp³-hybridized carbons (Fsp3) is 0.310. The summed E-state index contributed by atoms with van der Waals surface area (Å²) in [5, 5.41) is 6.07. The maximum atomic E-state index is 13.5. The fourth-order valence-electron chi connectivity index (χ4n) is 4.45. The number of amides is 2. The van der Waals surface area contributed by atoms with Crippen LogP contribution < -0.4 is 20.3 Å². The van der Waals surface area contributed by atoms with Crippen LogP contribution >= 0.6 is 0 Å². The molecule has 2 amide bonds. The van der Waals surface area contributed by atoms with Crippen LogP contribution in [0.1, 0.15) is 59.0 Å². The molecule has 1 aliphatic heterocycles. The Morgan fingerprint density at radius 2 is 1.60 bits per heavy atom. The number of para-hydroxylation sites is 1. The zero-order chi connectivity index (χ0) is 24.8. The Labute approximate surface area is 207 Å². The lowest BCUT2D eigenvalue weighted by Gasteiger charge is -2.33. The van der Waals surface area contributed by atoms with E-state index >= 15 is 0 Å². The van der Waals surface area contributed by atoms with Crippen LogP contribution in [0.25, 0.3) is 0 Å². The monoisotopic (exact) mass is 471 g/mol. The van der Waals surface area contributed by atoms with E-state index in [0.29, 0.717) is 28.5 Å². The second-order valence-corrected chi connectivity index (χ2v) is 9.16. The molecule has 4 rings (SSSR count). The fourth-order valence-corrected chi connectivity index (χ4v) is 4.45. The largest absolute Gasteiger partial charge is 0.496 e. The summed E-state index contributed by atoms with van der Waals surface area (Å²) in [4.78, 5) is 28.7. The predicted molar refractivity (Wildman–Crippen MR) is 140 cm³/mol. The molecule has 0 aromatic heterocycles. The van der Waals surface area contributed by atoms with Crippen molar-refractivity contribution in [2.75, 3.05) is 30.4 Å². The van der Waals surface area contributed by atoms with Crippen molar-refractivity contribution >= 4 is 23.2 Å². The van der Waals surface area contributed by atoms with Crippen molar-refractivity contribution in [3.8, 4) is 5.75 Å². The quantitative estimate of drug-likeness (QED) is 0.465. The molecule has 6 heteroatoms. The lowest BCUT2D eigenvalue weighted by molar-refractivity contribution is 0.0939. The standard InChI is InChI=1S/C29H33N3O3/c1-20-15-17-32(18-16-20)26-14-13-23(31-28(33)24-11-7-8-12-27(24)35-3)19-25(26)29(34)30-21(2)22-9-5-4-6-10-22/h4-14,19-21H,15-18H2,1-3H3,(H,30,34)(H,31,33). The molecular weight excluding hydrogens is 438 g/mol. The highest BCUT2D eigenvalue weighted by Gasteiger charge is 2.23. The van der Waals surface area contributed by atoms with E-state index in [0.717, 1.165) is 37.2 Å². The molecule has 0 radical (unpaired) electrons. The summed E-state index contributed by atoms with van der Waals surface area (Å²) in [5.41, 5.74) is 3.49. The molecule has 1 unspecified atom stereocenters. The SMILES string of the molecule is COc1ccccc1C(=O)Nc1ccc(N2CCC(C)CC2)c(C(=O)NC(C)c2ccccc2)c1. The minimum absolute atomic E-state index is 0.148. The Morgan fingerprint density at radius 3 is 2.31 bits per heavy atom. The first-order chi connectivity index (χ1) is 17.0. The summed E-state index contributed by atoms with van der Waals surface area (Å²) in [7, 11) is 1.54. The van der Waals surface area contributed by atoms with Crippen LogP contribution in [0.5, 0.6) is 5.75 Å². The van der Waals surface area contributed by atoms with Crippen molar-refractivity contribution in [1.29, 1.82) is 0 Å². The number of anilines is 2. The van der Waals surface area contributed by atoms with Crippen LogP contribution in [0, 0.1) is 5.92 Å². The van der Waals surface area contributed by atoms with E-state index in [1.807, 2.05) is 55.5 Å². The number of carbonyl (C=O) groups is 2. The Hall–Kier alpha value is -3.80. The molecule has 2 N–H and O–H groups in total. The molecule has 35 heavy (non-hydrogen) atoms. The Bertz CT molecular complexity index is 1170. The van der Waals surface area contributed by atoms with Gasteiger partial charge in [0.2, 0.25) is 0 Å². The molecule has 0 spiro atoms. The molecule has 1 aliphatic rings. The van der Waals surface area contributed by atoms with Crippen LogP contribution in [0.4, 0.5) is 11.4 Å². The summed E-state index contributed by atoms with van der Waals surface area (Å²) in [6, 6.07) is 22.4. The van der Waals surface area contributed by atoms with Gasteiger partial charge in [-0.25, -0.2) is 0 Å². The van der Waals surface area contributed by atoms with E-state index in [9.17, 15) is 9.59 Å². The first-order valence-corrected chi connectivity index (χ1v) is 12.2. The van der Waals surface area contributed by atoms with Gasteiger partial charge in [0.25, 0.3) is 11.8 Å². The number of benzene rings is 3. The average molecular weight is 472 g/mol. The molecule has 0 saturated carbocycles. The third-order valence-corrected chi connectivity index (χ3v) is 6.62. The van der Waals surface area contributed by atoms with Crippen molar-refractivity contribution in [1.82, 2.24) is 5.32 Å². The summed E-state index contributed by atoms with van der Waals surface area (Å²) < 4.78 is 5.33. The average Bonchev–Trinajstić information content (AvgIpc) is 2.89. The third kappa shape index (κ3) is 5.83. The molecule has 1 saturated heterocycles. The van der Waals surface area contributed by atoms with Crippen LogP contribution in [-0.2, 0) is 0 Å². The Balaban J connectivity index is 1.61. The van der Waals surface area contributed by atoms with Crippen molar-refractivity contribution in [2.24, 2.45) is 5.92 Å². The molecule has 1 heterocycles. The molecule has 1 fully saturated rings. The van der Waals surface area contributed by atoms with Gasteiger partial charge in [-0.05, 0) is 61.6 Å². The Morgan fingerprint density at radius 1 is 0.914 bits per heavy atom. The topological polar surface area (TPSA) is 70.7 Å². The van der Waals surface area contributed by atoms with Gasteiger partial charge in [-0.1, -0.05) is 49.4 Å². The van der Waals surface area contributed by atoms with Gasteiger partial charge in [-0.2, -0.15) is 0 Å². The second kappa shape index (κ2) is 11.1. The summed E-state index contributed by atoms with van der Waals surface area (Å²) in [5.74, 6) is 0.731. The molecule has 3 aromatic carbocycles. The van der Waals surface area contributed by atoms with Crippen LogP contribution in [0.2, 0.25) is 0 Å². The Kier molecular flexibility index (Phi) is 7.70. The van der Waals surface area contributed by atoms with Crippen molar-refractivity contribution in [3.05, 3.63) is 89.5 Å². The summed E-state index contributed by atoms with van der Waals surface area (Å²) >= 11 is 0. The lowest BCUT2D eigenvalue weighted by Crippen LogP contribution is -2.35. The lowest BCUT2D eigenvalue weighted by atomic mass is 9.97. The summed E-state index contributed by atoms with van der Waals surface area (Å²) in [6.07, 6.45) is 2.18. The minimum Gasteiger partial charge on any atom is -0.496 e. The van der Waals surface area contributed by atoms with Gasteiger partial charge in [-0.15, -0.1) is 0 Å². The molecule has 6 nitrogen and oxygen atoms in total. The number of methoxy groups -OCH3 is 1. The van der Waals surface area contributed by atoms with Gasteiger partial charge in [0.05, 0.1) is 24.3 Å². The molecule has 0 bridgehead atoms. The first kappa shape index (κ1) is 24.3. The van der Waals surface area contributed by atoms with E-state index < -0.39 is 0 Å². The van der Waals surface area contributed by atoms with Crippen LogP contribution in [0.3, 0.4) is 0 Å². The van der Waals surface area contributed by atoms with Gasteiger partial charge in [0.1, 0.15) is 5.75 Å². The molecule has 1 atom stereocenters. The van der Waals surface area contributed by atoms with E-state index in [1.165, 1.54) is 7.11 Å². The zero-order valence-corrected chi connectivity index (χ0v) is 20.6. The van der Waals surface area contributed by atoms with Crippen LogP contribution in [0.15, 0.2) is 72.8 Å². The third-order valence-electron chi connectivity index (χ3n) is 6.62. The smallest absolute Gasteiger partial charge is 0.259 e. The number of piperidine rings is 1. The number of carbonyl (C=O) groups excluding carboxylic acids is 2. The number of nitrogens with zero attached hydrogens (tertiary/aromatic N) is 1. The zero-order valence-electron chi connectivity index (χ0n) is 20.6. The highest BCUT2D eigenvalue weighted by Crippen LogP contribution is 2.30. The van der Waals surface area contributed by atoms with Crippen LogP contribution in [-0.4, -0.2) is 32.0 Å². The number of hydrogen-bond donors (Lipinski definition) is 2. The highest BCUT2D eigenvalue weighted by atomic mass is 16.5. The normalized spacial score (nSPS) is 14.8. The van der Waals surface area contributed by atoms with Crippen molar-refractivity contribution in [3.63, 3.8) is 0 Å². The highest BCUT2D eigenvalue weighted by molar-refractivity contribution is 6.07. The van der Waals surface area contributed by atoms with Crippen molar-refractivity contribution < 1.29 is 14.3 Å². The van der Waals surface area contributed by atoms with Gasteiger partial charge in [-0.3, -0.25) is 9.59 Å².